The topological polar surface area (TPSA) is 24.9 Å². The molecule has 1 N–H and O–H groups in total. The zero-order chi connectivity index (χ0) is 13.8. The summed E-state index contributed by atoms with van der Waals surface area (Å²) < 4.78 is 0. The van der Waals surface area contributed by atoms with Gasteiger partial charge in [-0.15, -0.1) is 11.3 Å². The summed E-state index contributed by atoms with van der Waals surface area (Å²) in [5.41, 5.74) is 1.97. The molecular weight excluding hydrogens is 264 g/mol. The molecule has 4 atom stereocenters. The van der Waals surface area contributed by atoms with Gasteiger partial charge in [0.25, 0.3) is 0 Å². The van der Waals surface area contributed by atoms with E-state index in [0.29, 0.717) is 6.04 Å². The lowest BCUT2D eigenvalue weighted by Crippen LogP contribution is -2.42. The Hall–Kier alpha value is -0.410. The van der Waals surface area contributed by atoms with Crippen LogP contribution in [0.2, 0.25) is 0 Å². The van der Waals surface area contributed by atoms with Crippen molar-refractivity contribution < 1.29 is 0 Å². The van der Waals surface area contributed by atoms with Crippen LogP contribution in [-0.4, -0.2) is 17.6 Å². The minimum Gasteiger partial charge on any atom is -0.314 e. The quantitative estimate of drug-likeness (QED) is 0.876. The first-order chi connectivity index (χ1) is 9.86. The van der Waals surface area contributed by atoms with Crippen LogP contribution in [0.4, 0.5) is 0 Å². The molecule has 0 aromatic carbocycles. The fourth-order valence-electron chi connectivity index (χ4n) is 4.50. The normalized spacial score (nSPS) is 31.8. The molecule has 1 aromatic rings. The first kappa shape index (κ1) is 14.5. The number of hydrogen-bond acceptors (Lipinski definition) is 3. The number of hydrogen-bond donors (Lipinski definition) is 1. The van der Waals surface area contributed by atoms with Crippen molar-refractivity contribution in [1.82, 2.24) is 10.3 Å². The third kappa shape index (κ3) is 3.43. The summed E-state index contributed by atoms with van der Waals surface area (Å²) in [6.07, 6.45) is 13.6. The van der Waals surface area contributed by atoms with Gasteiger partial charge < -0.3 is 5.32 Å². The SMILES string of the molecule is CCNC(Cc1cncs1)C1CCC2CCCCC2C1. The van der Waals surface area contributed by atoms with E-state index in [0.717, 1.165) is 24.3 Å². The van der Waals surface area contributed by atoms with Crippen LogP contribution in [0.3, 0.4) is 0 Å². The van der Waals surface area contributed by atoms with Crippen molar-refractivity contribution in [1.29, 1.82) is 0 Å². The lowest BCUT2D eigenvalue weighted by atomic mass is 9.66. The average Bonchev–Trinajstić information content (AvgIpc) is 2.99. The van der Waals surface area contributed by atoms with E-state index in [9.17, 15) is 0 Å². The molecule has 112 valence electrons. The molecule has 0 spiro atoms. The summed E-state index contributed by atoms with van der Waals surface area (Å²) in [4.78, 5) is 5.68. The second kappa shape index (κ2) is 7.04. The molecule has 1 heterocycles. The number of fused-ring (bicyclic) bond motifs is 1. The number of rotatable bonds is 5. The van der Waals surface area contributed by atoms with Crippen LogP contribution in [0.15, 0.2) is 11.7 Å². The Bertz CT molecular complexity index is 390. The van der Waals surface area contributed by atoms with E-state index in [1.54, 1.807) is 0 Å². The molecule has 20 heavy (non-hydrogen) atoms. The Kier molecular flexibility index (Phi) is 5.11. The fraction of sp³-hybridized carbons (Fsp3) is 0.824. The van der Waals surface area contributed by atoms with E-state index in [1.807, 2.05) is 16.8 Å². The smallest absolute Gasteiger partial charge is 0.0794 e. The van der Waals surface area contributed by atoms with E-state index in [2.05, 4.69) is 23.4 Å². The summed E-state index contributed by atoms with van der Waals surface area (Å²) in [5.74, 6) is 2.98. The third-order valence-electron chi connectivity index (χ3n) is 5.52. The van der Waals surface area contributed by atoms with Crippen LogP contribution < -0.4 is 5.32 Å². The Morgan fingerprint density at radius 3 is 2.85 bits per heavy atom. The zero-order valence-electron chi connectivity index (χ0n) is 12.7. The summed E-state index contributed by atoms with van der Waals surface area (Å²) in [6, 6.07) is 0.670. The number of nitrogens with zero attached hydrogens (tertiary/aromatic N) is 1. The van der Waals surface area contributed by atoms with Crippen molar-refractivity contribution in [3.63, 3.8) is 0 Å². The Balaban J connectivity index is 1.62. The minimum atomic E-state index is 0.670. The Labute approximate surface area is 127 Å². The lowest BCUT2D eigenvalue weighted by molar-refractivity contribution is 0.110. The molecular formula is C17H28N2S. The molecule has 2 aliphatic carbocycles. The third-order valence-corrected chi connectivity index (χ3v) is 6.32. The van der Waals surface area contributed by atoms with Crippen molar-refractivity contribution in [2.45, 2.75) is 64.3 Å². The van der Waals surface area contributed by atoms with Gasteiger partial charge in [-0.05, 0) is 50.0 Å². The standard InChI is InChI=1S/C17H28N2S/c1-2-19-17(10-16-11-18-12-20-16)15-8-7-13-5-3-4-6-14(13)9-15/h11-15,17,19H,2-10H2,1H3. The van der Waals surface area contributed by atoms with Crippen LogP contribution in [0.5, 0.6) is 0 Å². The molecule has 1 aromatic heterocycles. The fourth-order valence-corrected chi connectivity index (χ4v) is 5.16. The van der Waals surface area contributed by atoms with Gasteiger partial charge in [-0.1, -0.05) is 32.6 Å². The maximum Gasteiger partial charge on any atom is 0.0794 e. The molecule has 4 unspecified atom stereocenters. The van der Waals surface area contributed by atoms with Gasteiger partial charge in [0.1, 0.15) is 0 Å². The molecule has 0 aliphatic heterocycles. The maximum absolute atomic E-state index is 4.24. The molecule has 3 rings (SSSR count). The molecule has 2 fully saturated rings. The number of thiazole rings is 1. The predicted octanol–water partition coefficient (Wildman–Crippen LogP) is 4.27. The second-order valence-electron chi connectivity index (χ2n) is 6.71. The van der Waals surface area contributed by atoms with E-state index < -0.39 is 0 Å². The zero-order valence-corrected chi connectivity index (χ0v) is 13.5. The number of nitrogens with one attached hydrogen (secondary N) is 1. The molecule has 0 amide bonds. The van der Waals surface area contributed by atoms with Crippen molar-refractivity contribution >= 4 is 11.3 Å². The van der Waals surface area contributed by atoms with Crippen molar-refractivity contribution in [3.05, 3.63) is 16.6 Å². The van der Waals surface area contributed by atoms with Gasteiger partial charge in [0.2, 0.25) is 0 Å². The highest BCUT2D eigenvalue weighted by molar-refractivity contribution is 7.09. The summed E-state index contributed by atoms with van der Waals surface area (Å²) in [5, 5.41) is 3.77. The highest BCUT2D eigenvalue weighted by Crippen LogP contribution is 2.43. The molecule has 0 saturated heterocycles. The van der Waals surface area contributed by atoms with E-state index in [4.69, 9.17) is 0 Å². The van der Waals surface area contributed by atoms with Crippen LogP contribution in [0.1, 0.15) is 56.7 Å². The molecule has 2 saturated carbocycles. The Morgan fingerprint density at radius 1 is 1.25 bits per heavy atom. The van der Waals surface area contributed by atoms with Gasteiger partial charge in [0, 0.05) is 17.1 Å². The Morgan fingerprint density at radius 2 is 2.10 bits per heavy atom. The van der Waals surface area contributed by atoms with Crippen molar-refractivity contribution in [3.8, 4) is 0 Å². The van der Waals surface area contributed by atoms with E-state index in [-0.39, 0.29) is 0 Å². The van der Waals surface area contributed by atoms with Gasteiger partial charge in [0.05, 0.1) is 5.51 Å². The van der Waals surface area contributed by atoms with E-state index >= 15 is 0 Å². The first-order valence-corrected chi connectivity index (χ1v) is 9.35. The number of aromatic nitrogens is 1. The first-order valence-electron chi connectivity index (χ1n) is 8.47. The summed E-state index contributed by atoms with van der Waals surface area (Å²) in [6.45, 7) is 3.33. The molecule has 0 bridgehead atoms. The van der Waals surface area contributed by atoms with E-state index in [1.165, 1.54) is 56.2 Å². The van der Waals surface area contributed by atoms with Crippen LogP contribution in [-0.2, 0) is 6.42 Å². The molecule has 2 aliphatic rings. The largest absolute Gasteiger partial charge is 0.314 e. The average molecular weight is 292 g/mol. The highest BCUT2D eigenvalue weighted by Gasteiger charge is 2.35. The van der Waals surface area contributed by atoms with Gasteiger partial charge in [0.15, 0.2) is 0 Å². The molecule has 2 nitrogen and oxygen atoms in total. The van der Waals surface area contributed by atoms with Gasteiger partial charge in [-0.3, -0.25) is 4.98 Å². The summed E-state index contributed by atoms with van der Waals surface area (Å²) in [7, 11) is 0. The monoisotopic (exact) mass is 292 g/mol. The van der Waals surface area contributed by atoms with Crippen LogP contribution in [0, 0.1) is 17.8 Å². The van der Waals surface area contributed by atoms with Gasteiger partial charge >= 0.3 is 0 Å². The summed E-state index contributed by atoms with van der Waals surface area (Å²) >= 11 is 1.81. The van der Waals surface area contributed by atoms with Crippen LogP contribution >= 0.6 is 11.3 Å². The molecule has 3 heteroatoms. The van der Waals surface area contributed by atoms with Gasteiger partial charge in [-0.2, -0.15) is 0 Å². The van der Waals surface area contributed by atoms with Crippen molar-refractivity contribution in [2.24, 2.45) is 17.8 Å². The minimum absolute atomic E-state index is 0.670. The molecule has 0 radical (unpaired) electrons. The van der Waals surface area contributed by atoms with Crippen LogP contribution in [0.25, 0.3) is 0 Å². The lowest BCUT2D eigenvalue weighted by Gasteiger charge is -2.42. The predicted molar refractivity (Wildman–Crippen MR) is 86.1 cm³/mol. The second-order valence-corrected chi connectivity index (χ2v) is 7.68. The highest BCUT2D eigenvalue weighted by atomic mass is 32.1. The van der Waals surface area contributed by atoms with Gasteiger partial charge in [-0.25, -0.2) is 0 Å². The number of likely N-dealkylation sites (N-methyl/N-ethyl adjacent to an activating group) is 1. The maximum atomic E-state index is 4.24. The van der Waals surface area contributed by atoms with Crippen molar-refractivity contribution in [2.75, 3.05) is 6.54 Å².